The molecule has 1 heterocycles. The molecule has 5 heteroatoms. The van der Waals surface area contributed by atoms with Crippen molar-refractivity contribution in [2.75, 3.05) is 13.2 Å². The van der Waals surface area contributed by atoms with Crippen molar-refractivity contribution in [1.82, 2.24) is 5.32 Å². The van der Waals surface area contributed by atoms with Gasteiger partial charge in [0.05, 0.1) is 0 Å². The third-order valence-electron chi connectivity index (χ3n) is 2.36. The van der Waals surface area contributed by atoms with E-state index in [1.165, 1.54) is 0 Å². The van der Waals surface area contributed by atoms with Crippen LogP contribution in [0.4, 0.5) is 13.2 Å². The Balaban J connectivity index is 2.68. The minimum atomic E-state index is -4.30. The van der Waals surface area contributed by atoms with Crippen molar-refractivity contribution in [2.24, 2.45) is 0 Å². The number of ether oxygens (including phenoxy) is 1. The summed E-state index contributed by atoms with van der Waals surface area (Å²) in [6, 6.07) is 0.0872. The Hall–Kier alpha value is -0.290. The quantitative estimate of drug-likeness (QED) is 0.638. The van der Waals surface area contributed by atoms with Gasteiger partial charge in [0.25, 0.3) is 0 Å². The molecule has 0 amide bonds. The van der Waals surface area contributed by atoms with Crippen LogP contribution in [0.25, 0.3) is 0 Å². The summed E-state index contributed by atoms with van der Waals surface area (Å²) in [5.74, 6) is 0. The van der Waals surface area contributed by atoms with E-state index in [4.69, 9.17) is 4.74 Å². The Morgan fingerprint density at radius 3 is 2.62 bits per heavy atom. The van der Waals surface area contributed by atoms with Crippen molar-refractivity contribution in [1.29, 1.82) is 0 Å². The zero-order valence-electron chi connectivity index (χ0n) is 7.74. The lowest BCUT2D eigenvalue weighted by Crippen LogP contribution is -2.51. The first-order chi connectivity index (χ1) is 5.85. The van der Waals surface area contributed by atoms with Crippen LogP contribution >= 0.6 is 0 Å². The van der Waals surface area contributed by atoms with E-state index in [1.807, 2.05) is 6.92 Å². The maximum absolute atomic E-state index is 12.5. The Labute approximate surface area is 75.4 Å². The second-order valence-corrected chi connectivity index (χ2v) is 3.65. The monoisotopic (exact) mass is 197 g/mol. The molecule has 1 aliphatic heterocycles. The third kappa shape index (κ3) is 2.34. The van der Waals surface area contributed by atoms with Gasteiger partial charge in [-0.05, 0) is 20.3 Å². The molecule has 0 spiro atoms. The Morgan fingerprint density at radius 2 is 2.08 bits per heavy atom. The van der Waals surface area contributed by atoms with E-state index < -0.39 is 11.8 Å². The van der Waals surface area contributed by atoms with Crippen molar-refractivity contribution in [3.8, 4) is 0 Å². The summed E-state index contributed by atoms with van der Waals surface area (Å²) in [5.41, 5.74) is -2.03. The highest BCUT2D eigenvalue weighted by molar-refractivity contribution is 4.89. The molecule has 0 aliphatic carbocycles. The normalized spacial score (nSPS) is 37.2. The predicted molar refractivity (Wildman–Crippen MR) is 42.5 cm³/mol. The van der Waals surface area contributed by atoms with E-state index in [9.17, 15) is 13.2 Å². The fourth-order valence-corrected chi connectivity index (χ4v) is 1.17. The molecule has 0 saturated carbocycles. The van der Waals surface area contributed by atoms with Crippen LogP contribution in [0.15, 0.2) is 0 Å². The van der Waals surface area contributed by atoms with Gasteiger partial charge in [-0.1, -0.05) is 0 Å². The molecule has 1 aliphatic rings. The van der Waals surface area contributed by atoms with Gasteiger partial charge in [0, 0.05) is 19.2 Å². The molecule has 0 aromatic rings. The van der Waals surface area contributed by atoms with E-state index in [0.29, 0.717) is 6.42 Å². The van der Waals surface area contributed by atoms with Crippen LogP contribution in [-0.2, 0) is 4.74 Å². The average Bonchev–Trinajstić information content (AvgIpc) is 2.13. The van der Waals surface area contributed by atoms with Gasteiger partial charge in [0.15, 0.2) is 5.60 Å². The van der Waals surface area contributed by atoms with Gasteiger partial charge in [-0.3, -0.25) is 0 Å². The zero-order valence-corrected chi connectivity index (χ0v) is 7.74. The average molecular weight is 197 g/mol. The molecule has 2 atom stereocenters. The highest BCUT2D eigenvalue weighted by Gasteiger charge is 2.52. The number of rotatable bonds is 0. The van der Waals surface area contributed by atoms with Gasteiger partial charge in [-0.2, -0.15) is 13.2 Å². The SMILES string of the molecule is CC1CCOC(C)(C(F)(F)F)CN1. The third-order valence-corrected chi connectivity index (χ3v) is 2.36. The highest BCUT2D eigenvalue weighted by atomic mass is 19.4. The minimum absolute atomic E-state index is 0.0872. The molecule has 0 aromatic carbocycles. The smallest absolute Gasteiger partial charge is 0.364 e. The summed E-state index contributed by atoms with van der Waals surface area (Å²) in [6.07, 6.45) is -3.68. The molecular formula is C8H14F3NO. The number of halogens is 3. The van der Waals surface area contributed by atoms with Gasteiger partial charge in [0.1, 0.15) is 0 Å². The maximum Gasteiger partial charge on any atom is 0.418 e. The van der Waals surface area contributed by atoms with Crippen LogP contribution in [0.2, 0.25) is 0 Å². The molecule has 0 aromatic heterocycles. The lowest BCUT2D eigenvalue weighted by Gasteiger charge is -2.30. The van der Waals surface area contributed by atoms with E-state index in [-0.39, 0.29) is 19.2 Å². The van der Waals surface area contributed by atoms with Gasteiger partial charge < -0.3 is 10.1 Å². The van der Waals surface area contributed by atoms with Crippen molar-refractivity contribution in [3.63, 3.8) is 0 Å². The lowest BCUT2D eigenvalue weighted by atomic mass is 10.1. The Kier molecular flexibility index (Phi) is 2.87. The summed E-state index contributed by atoms with van der Waals surface area (Å²) < 4.78 is 42.2. The summed E-state index contributed by atoms with van der Waals surface area (Å²) in [6.45, 7) is 2.92. The summed E-state index contributed by atoms with van der Waals surface area (Å²) in [7, 11) is 0. The van der Waals surface area contributed by atoms with E-state index in [1.54, 1.807) is 0 Å². The number of alkyl halides is 3. The van der Waals surface area contributed by atoms with Gasteiger partial charge in [-0.15, -0.1) is 0 Å². The molecule has 0 radical (unpaired) electrons. The van der Waals surface area contributed by atoms with Crippen LogP contribution in [0, 0.1) is 0 Å². The highest BCUT2D eigenvalue weighted by Crippen LogP contribution is 2.34. The first-order valence-electron chi connectivity index (χ1n) is 4.29. The predicted octanol–water partition coefficient (Wildman–Crippen LogP) is 1.71. The fraction of sp³-hybridized carbons (Fsp3) is 1.00. The summed E-state index contributed by atoms with van der Waals surface area (Å²) in [4.78, 5) is 0. The topological polar surface area (TPSA) is 21.3 Å². The molecular weight excluding hydrogens is 183 g/mol. The molecule has 13 heavy (non-hydrogen) atoms. The van der Waals surface area contributed by atoms with Crippen molar-refractivity contribution < 1.29 is 17.9 Å². The van der Waals surface area contributed by atoms with Crippen molar-refractivity contribution in [2.45, 2.75) is 38.1 Å². The van der Waals surface area contributed by atoms with Crippen molar-refractivity contribution in [3.05, 3.63) is 0 Å². The molecule has 1 fully saturated rings. The summed E-state index contributed by atoms with van der Waals surface area (Å²) >= 11 is 0. The molecule has 0 bridgehead atoms. The second-order valence-electron chi connectivity index (χ2n) is 3.65. The van der Waals surface area contributed by atoms with Crippen LogP contribution < -0.4 is 5.32 Å². The molecule has 2 unspecified atom stereocenters. The van der Waals surface area contributed by atoms with Crippen LogP contribution in [0.1, 0.15) is 20.3 Å². The number of hydrogen-bond donors (Lipinski definition) is 1. The van der Waals surface area contributed by atoms with Crippen LogP contribution in [0.5, 0.6) is 0 Å². The molecule has 1 saturated heterocycles. The van der Waals surface area contributed by atoms with Gasteiger partial charge in [0.2, 0.25) is 0 Å². The first-order valence-corrected chi connectivity index (χ1v) is 4.29. The maximum atomic E-state index is 12.5. The first kappa shape index (κ1) is 10.8. The van der Waals surface area contributed by atoms with Gasteiger partial charge in [-0.25, -0.2) is 0 Å². The molecule has 1 rings (SSSR count). The molecule has 78 valence electrons. The second kappa shape index (κ2) is 3.46. The van der Waals surface area contributed by atoms with E-state index in [2.05, 4.69) is 5.32 Å². The standard InChI is InChI=1S/C8H14F3NO/c1-6-3-4-13-7(2,5-12-6)8(9,10)11/h6,12H,3-5H2,1-2H3. The van der Waals surface area contributed by atoms with Gasteiger partial charge >= 0.3 is 6.18 Å². The molecule has 1 N–H and O–H groups in total. The number of hydrogen-bond acceptors (Lipinski definition) is 2. The number of nitrogens with one attached hydrogen (secondary N) is 1. The fourth-order valence-electron chi connectivity index (χ4n) is 1.17. The Morgan fingerprint density at radius 1 is 1.46 bits per heavy atom. The van der Waals surface area contributed by atoms with E-state index >= 15 is 0 Å². The van der Waals surface area contributed by atoms with Crippen LogP contribution in [0.3, 0.4) is 0 Å². The lowest BCUT2D eigenvalue weighted by molar-refractivity contribution is -0.265. The van der Waals surface area contributed by atoms with E-state index in [0.717, 1.165) is 6.92 Å². The largest absolute Gasteiger partial charge is 0.418 e. The minimum Gasteiger partial charge on any atom is -0.364 e. The molecule has 2 nitrogen and oxygen atoms in total. The zero-order chi connectivity index (χ0) is 10.1. The van der Waals surface area contributed by atoms with Crippen LogP contribution in [-0.4, -0.2) is 31.0 Å². The summed E-state index contributed by atoms with van der Waals surface area (Å²) in [5, 5.41) is 2.80. The Bertz CT molecular complexity index is 183. The van der Waals surface area contributed by atoms with Crippen molar-refractivity contribution >= 4 is 0 Å².